The molecule has 98 valence electrons. The van der Waals surface area contributed by atoms with Crippen LogP contribution in [-0.2, 0) is 11.3 Å². The fourth-order valence-corrected chi connectivity index (χ4v) is 2.36. The summed E-state index contributed by atoms with van der Waals surface area (Å²) in [7, 11) is 0. The zero-order valence-corrected chi connectivity index (χ0v) is 11.2. The first kappa shape index (κ1) is 13.1. The van der Waals surface area contributed by atoms with Gasteiger partial charge in [-0.15, -0.1) is 0 Å². The van der Waals surface area contributed by atoms with Gasteiger partial charge in [-0.1, -0.05) is 12.1 Å². The Morgan fingerprint density at radius 2 is 2.17 bits per heavy atom. The fourth-order valence-electron chi connectivity index (χ4n) is 2.36. The molecule has 1 atom stereocenters. The first-order valence-corrected chi connectivity index (χ1v) is 6.62. The molecule has 1 aromatic carbocycles. The Morgan fingerprint density at radius 3 is 2.89 bits per heavy atom. The van der Waals surface area contributed by atoms with Crippen LogP contribution < -0.4 is 5.73 Å². The van der Waals surface area contributed by atoms with Crippen LogP contribution in [0.15, 0.2) is 30.5 Å². The van der Waals surface area contributed by atoms with E-state index in [4.69, 9.17) is 10.5 Å². The van der Waals surface area contributed by atoms with E-state index in [2.05, 4.69) is 42.0 Å². The lowest BCUT2D eigenvalue weighted by Gasteiger charge is -2.15. The van der Waals surface area contributed by atoms with E-state index in [0.717, 1.165) is 19.6 Å². The number of ether oxygens (including phenoxy) is 1. The number of benzene rings is 1. The second-order valence-corrected chi connectivity index (χ2v) is 4.62. The Bertz CT molecular complexity index is 504. The quantitative estimate of drug-likeness (QED) is 0.851. The van der Waals surface area contributed by atoms with Crippen LogP contribution in [0.5, 0.6) is 0 Å². The van der Waals surface area contributed by atoms with E-state index >= 15 is 0 Å². The Hall–Kier alpha value is -1.32. The highest BCUT2D eigenvalue weighted by molar-refractivity contribution is 5.83. The predicted molar refractivity (Wildman–Crippen MR) is 75.8 cm³/mol. The molecule has 1 heterocycles. The van der Waals surface area contributed by atoms with Crippen LogP contribution in [0.3, 0.4) is 0 Å². The lowest BCUT2D eigenvalue weighted by molar-refractivity contribution is 0.0601. The molecule has 0 aliphatic heterocycles. The van der Waals surface area contributed by atoms with Gasteiger partial charge < -0.3 is 15.0 Å². The predicted octanol–water partition coefficient (Wildman–Crippen LogP) is 2.70. The number of nitrogens with zero attached hydrogens (tertiary/aromatic N) is 1. The molecule has 1 aromatic heterocycles. The maximum atomic E-state index is 5.70. The van der Waals surface area contributed by atoms with Crippen molar-refractivity contribution in [3.05, 3.63) is 36.0 Å². The van der Waals surface area contributed by atoms with E-state index in [-0.39, 0.29) is 6.10 Å². The molecule has 0 aliphatic rings. The third-order valence-corrected chi connectivity index (χ3v) is 3.39. The molecule has 0 radical (unpaired) electrons. The average molecular weight is 246 g/mol. The molecule has 0 spiro atoms. The number of aromatic nitrogens is 1. The van der Waals surface area contributed by atoms with Gasteiger partial charge in [-0.05, 0) is 38.0 Å². The van der Waals surface area contributed by atoms with Crippen molar-refractivity contribution in [3.63, 3.8) is 0 Å². The van der Waals surface area contributed by atoms with E-state index in [1.807, 2.05) is 6.92 Å². The maximum absolute atomic E-state index is 5.70. The maximum Gasteiger partial charge on any atom is 0.0714 e. The number of nitrogens with two attached hydrogens (primary N) is 1. The van der Waals surface area contributed by atoms with Crippen LogP contribution in [0, 0.1) is 6.92 Å². The highest BCUT2D eigenvalue weighted by Gasteiger charge is 2.08. The Labute approximate surface area is 109 Å². The second kappa shape index (κ2) is 6.03. The van der Waals surface area contributed by atoms with Gasteiger partial charge in [0.1, 0.15) is 0 Å². The second-order valence-electron chi connectivity index (χ2n) is 4.62. The van der Waals surface area contributed by atoms with Gasteiger partial charge in [0.25, 0.3) is 0 Å². The molecule has 1 unspecified atom stereocenters. The van der Waals surface area contributed by atoms with Gasteiger partial charge in [-0.25, -0.2) is 0 Å². The summed E-state index contributed by atoms with van der Waals surface area (Å²) >= 11 is 0. The molecule has 18 heavy (non-hydrogen) atoms. The first-order chi connectivity index (χ1) is 8.76. The zero-order valence-electron chi connectivity index (χ0n) is 11.2. The SMILES string of the molecule is CCOC(CN)CCn1ccc2c(C)cccc21. The standard InChI is InChI=1S/C15H22N2O/c1-3-18-13(11-16)7-9-17-10-8-14-12(2)5-4-6-15(14)17/h4-6,8,10,13H,3,7,9,11,16H2,1-2H3. The molecule has 2 aromatic rings. The molecule has 0 saturated carbocycles. The van der Waals surface area contributed by atoms with E-state index in [0.29, 0.717) is 6.54 Å². The summed E-state index contributed by atoms with van der Waals surface area (Å²) in [6.45, 7) is 6.43. The smallest absolute Gasteiger partial charge is 0.0714 e. The molecule has 2 rings (SSSR count). The van der Waals surface area contributed by atoms with Crippen LogP contribution in [0.4, 0.5) is 0 Å². The van der Waals surface area contributed by atoms with E-state index in [1.54, 1.807) is 0 Å². The van der Waals surface area contributed by atoms with Gasteiger partial charge in [0.15, 0.2) is 0 Å². The molecule has 3 heteroatoms. The summed E-state index contributed by atoms with van der Waals surface area (Å²) in [6, 6.07) is 8.61. The summed E-state index contributed by atoms with van der Waals surface area (Å²) in [5.74, 6) is 0. The molecule has 0 aliphatic carbocycles. The van der Waals surface area contributed by atoms with Crippen molar-refractivity contribution in [2.45, 2.75) is 32.9 Å². The van der Waals surface area contributed by atoms with Crippen molar-refractivity contribution in [2.24, 2.45) is 5.73 Å². The van der Waals surface area contributed by atoms with E-state index in [9.17, 15) is 0 Å². The van der Waals surface area contributed by atoms with Gasteiger partial charge in [-0.3, -0.25) is 0 Å². The Balaban J connectivity index is 2.10. The molecule has 2 N–H and O–H groups in total. The summed E-state index contributed by atoms with van der Waals surface area (Å²) in [5.41, 5.74) is 8.32. The summed E-state index contributed by atoms with van der Waals surface area (Å²) in [4.78, 5) is 0. The number of rotatable bonds is 6. The molecule has 0 amide bonds. The van der Waals surface area contributed by atoms with E-state index < -0.39 is 0 Å². The molecular formula is C15H22N2O. The van der Waals surface area contributed by atoms with Crippen molar-refractivity contribution in [3.8, 4) is 0 Å². The van der Waals surface area contributed by atoms with Crippen LogP contribution >= 0.6 is 0 Å². The van der Waals surface area contributed by atoms with Gasteiger partial charge in [0.05, 0.1) is 6.10 Å². The number of aryl methyl sites for hydroxylation is 2. The van der Waals surface area contributed by atoms with Crippen molar-refractivity contribution < 1.29 is 4.74 Å². The minimum Gasteiger partial charge on any atom is -0.377 e. The topological polar surface area (TPSA) is 40.2 Å². The van der Waals surface area contributed by atoms with Crippen molar-refractivity contribution in [2.75, 3.05) is 13.2 Å². The van der Waals surface area contributed by atoms with Crippen LogP contribution in [-0.4, -0.2) is 23.8 Å². The lowest BCUT2D eigenvalue weighted by atomic mass is 10.1. The average Bonchev–Trinajstić information content (AvgIpc) is 2.79. The van der Waals surface area contributed by atoms with Crippen molar-refractivity contribution in [1.29, 1.82) is 0 Å². The molecule has 0 saturated heterocycles. The third-order valence-electron chi connectivity index (χ3n) is 3.39. The summed E-state index contributed by atoms with van der Waals surface area (Å²) in [5, 5.41) is 1.33. The largest absolute Gasteiger partial charge is 0.377 e. The molecule has 3 nitrogen and oxygen atoms in total. The number of hydrogen-bond acceptors (Lipinski definition) is 2. The molecular weight excluding hydrogens is 224 g/mol. The van der Waals surface area contributed by atoms with Gasteiger partial charge in [0, 0.05) is 36.8 Å². The van der Waals surface area contributed by atoms with Crippen LogP contribution in [0.2, 0.25) is 0 Å². The van der Waals surface area contributed by atoms with Crippen LogP contribution in [0.1, 0.15) is 18.9 Å². The molecule has 0 bridgehead atoms. The number of fused-ring (bicyclic) bond motifs is 1. The van der Waals surface area contributed by atoms with Gasteiger partial charge in [-0.2, -0.15) is 0 Å². The minimum absolute atomic E-state index is 0.164. The normalized spacial score (nSPS) is 13.1. The zero-order chi connectivity index (χ0) is 13.0. The summed E-state index contributed by atoms with van der Waals surface area (Å²) in [6.07, 6.45) is 3.27. The Morgan fingerprint density at radius 1 is 1.33 bits per heavy atom. The van der Waals surface area contributed by atoms with Gasteiger partial charge in [0.2, 0.25) is 0 Å². The highest BCUT2D eigenvalue weighted by atomic mass is 16.5. The van der Waals surface area contributed by atoms with Crippen molar-refractivity contribution >= 4 is 10.9 Å². The molecule has 0 fully saturated rings. The monoisotopic (exact) mass is 246 g/mol. The van der Waals surface area contributed by atoms with Gasteiger partial charge >= 0.3 is 0 Å². The number of hydrogen-bond donors (Lipinski definition) is 1. The summed E-state index contributed by atoms with van der Waals surface area (Å²) < 4.78 is 7.87. The highest BCUT2D eigenvalue weighted by Crippen LogP contribution is 2.20. The van der Waals surface area contributed by atoms with E-state index in [1.165, 1.54) is 16.5 Å². The fraction of sp³-hybridized carbons (Fsp3) is 0.467. The minimum atomic E-state index is 0.164. The van der Waals surface area contributed by atoms with Crippen LogP contribution in [0.25, 0.3) is 10.9 Å². The van der Waals surface area contributed by atoms with Crippen molar-refractivity contribution in [1.82, 2.24) is 4.57 Å². The third kappa shape index (κ3) is 2.74. The Kier molecular flexibility index (Phi) is 4.39. The first-order valence-electron chi connectivity index (χ1n) is 6.62. The lowest BCUT2D eigenvalue weighted by Crippen LogP contribution is -2.25.